The van der Waals surface area contributed by atoms with E-state index in [9.17, 15) is 0 Å². The van der Waals surface area contributed by atoms with E-state index in [1.165, 1.54) is 0 Å². The number of nitrogens with zero attached hydrogens (tertiary/aromatic N) is 1. The van der Waals surface area contributed by atoms with Crippen molar-refractivity contribution in [1.29, 1.82) is 0 Å². The van der Waals surface area contributed by atoms with Gasteiger partial charge in [-0.2, -0.15) is 0 Å². The van der Waals surface area contributed by atoms with Gasteiger partial charge in [-0.05, 0) is 79.4 Å². The molecule has 0 radical (unpaired) electrons. The second-order valence-corrected chi connectivity index (χ2v) is 7.38. The summed E-state index contributed by atoms with van der Waals surface area (Å²) in [4.78, 5) is 4.41. The maximum absolute atomic E-state index is 5.68. The number of rotatable bonds is 8. The van der Waals surface area contributed by atoms with Crippen molar-refractivity contribution in [2.45, 2.75) is 39.5 Å². The number of unbranched alkanes of at least 4 members (excludes halogenated alkanes) is 2. The van der Waals surface area contributed by atoms with Gasteiger partial charge in [-0.15, -0.1) is 0 Å². The van der Waals surface area contributed by atoms with Gasteiger partial charge in [-0.1, -0.05) is 44.5 Å². The lowest BCUT2D eigenvalue weighted by Gasteiger charge is -2.04. The minimum Gasteiger partial charge on any atom is -0.494 e. The Bertz CT molecular complexity index is 986. The summed E-state index contributed by atoms with van der Waals surface area (Å²) in [5.74, 6) is 14.3. The number of aromatic nitrogens is 1. The van der Waals surface area contributed by atoms with Crippen LogP contribution in [0.2, 0.25) is 0 Å². The zero-order chi connectivity index (χ0) is 22.4. The number of hydrogen-bond acceptors (Lipinski definition) is 3. The first-order chi connectivity index (χ1) is 15.8. The molecular formula is C29H29NO2. The third-order valence-electron chi connectivity index (χ3n) is 4.69. The maximum Gasteiger partial charge on any atom is 0.119 e. The molecule has 0 saturated carbocycles. The maximum atomic E-state index is 5.68. The molecule has 2 aromatic carbocycles. The van der Waals surface area contributed by atoms with E-state index in [0.717, 1.165) is 67.1 Å². The Morgan fingerprint density at radius 3 is 1.53 bits per heavy atom. The van der Waals surface area contributed by atoms with Crippen LogP contribution < -0.4 is 9.47 Å². The predicted molar refractivity (Wildman–Crippen MR) is 130 cm³/mol. The summed E-state index contributed by atoms with van der Waals surface area (Å²) in [6.45, 7) is 5.80. The summed E-state index contributed by atoms with van der Waals surface area (Å²) in [5.41, 5.74) is 3.44. The molecule has 0 amide bonds. The topological polar surface area (TPSA) is 31.4 Å². The van der Waals surface area contributed by atoms with Crippen LogP contribution in [0.15, 0.2) is 66.9 Å². The molecule has 0 fully saturated rings. The van der Waals surface area contributed by atoms with Crippen molar-refractivity contribution in [1.82, 2.24) is 4.98 Å². The molecule has 162 valence electrons. The molecule has 0 bridgehead atoms. The molecule has 3 heteroatoms. The lowest BCUT2D eigenvalue weighted by Crippen LogP contribution is -1.95. The van der Waals surface area contributed by atoms with Crippen LogP contribution in [0.25, 0.3) is 0 Å². The Morgan fingerprint density at radius 2 is 1.06 bits per heavy atom. The van der Waals surface area contributed by atoms with Gasteiger partial charge >= 0.3 is 0 Å². The summed E-state index contributed by atoms with van der Waals surface area (Å²) in [6, 6.07) is 19.5. The fourth-order valence-corrected chi connectivity index (χ4v) is 2.76. The van der Waals surface area contributed by atoms with Crippen LogP contribution >= 0.6 is 0 Å². The van der Waals surface area contributed by atoms with Gasteiger partial charge in [-0.3, -0.25) is 0 Å². The minimum absolute atomic E-state index is 0.715. The molecule has 0 atom stereocenters. The molecule has 0 spiro atoms. The first-order valence-electron chi connectivity index (χ1n) is 11.2. The molecule has 3 rings (SSSR count). The van der Waals surface area contributed by atoms with Crippen molar-refractivity contribution in [3.05, 3.63) is 89.2 Å². The zero-order valence-electron chi connectivity index (χ0n) is 18.9. The predicted octanol–water partition coefficient (Wildman–Crippen LogP) is 6.24. The molecule has 1 heterocycles. The summed E-state index contributed by atoms with van der Waals surface area (Å²) in [7, 11) is 0. The smallest absolute Gasteiger partial charge is 0.119 e. The van der Waals surface area contributed by atoms with Crippen LogP contribution in [0.4, 0.5) is 0 Å². The SMILES string of the molecule is CCCCOc1ccc(C#Cc2ccc(C#Cc3ccc(OCCCC)cc3)nc2)cc1. The highest BCUT2D eigenvalue weighted by molar-refractivity contribution is 5.46. The van der Waals surface area contributed by atoms with Gasteiger partial charge in [0.25, 0.3) is 0 Å². The van der Waals surface area contributed by atoms with E-state index in [-0.39, 0.29) is 0 Å². The average Bonchev–Trinajstić information content (AvgIpc) is 2.84. The van der Waals surface area contributed by atoms with E-state index in [4.69, 9.17) is 9.47 Å². The molecule has 1 aromatic heterocycles. The van der Waals surface area contributed by atoms with Crippen molar-refractivity contribution >= 4 is 0 Å². The van der Waals surface area contributed by atoms with Gasteiger partial charge in [0.15, 0.2) is 0 Å². The van der Waals surface area contributed by atoms with Gasteiger partial charge in [0, 0.05) is 22.9 Å². The molecule has 0 N–H and O–H groups in total. The standard InChI is InChI=1S/C29H29NO2/c1-3-5-21-31-28-17-11-24(12-18-28)7-8-26-10-16-27(30-23-26)15-9-25-13-19-29(20-14-25)32-22-6-4-2/h10-14,16-20,23H,3-6,21-22H2,1-2H3. The molecule has 3 nitrogen and oxygen atoms in total. The van der Waals surface area contributed by atoms with E-state index >= 15 is 0 Å². The lowest BCUT2D eigenvalue weighted by molar-refractivity contribution is 0.309. The lowest BCUT2D eigenvalue weighted by atomic mass is 10.2. The fraction of sp³-hybridized carbons (Fsp3) is 0.276. The van der Waals surface area contributed by atoms with Gasteiger partial charge in [-0.25, -0.2) is 4.98 Å². The molecular weight excluding hydrogens is 394 g/mol. The number of hydrogen-bond donors (Lipinski definition) is 0. The van der Waals surface area contributed by atoms with E-state index in [2.05, 4.69) is 42.5 Å². The van der Waals surface area contributed by atoms with Gasteiger partial charge in [0.1, 0.15) is 17.2 Å². The van der Waals surface area contributed by atoms with Crippen molar-refractivity contribution < 1.29 is 9.47 Å². The van der Waals surface area contributed by atoms with Gasteiger partial charge in [0.2, 0.25) is 0 Å². The molecule has 0 aliphatic heterocycles. The Balaban J connectivity index is 1.55. The second kappa shape index (κ2) is 12.9. The van der Waals surface area contributed by atoms with Gasteiger partial charge in [0.05, 0.1) is 13.2 Å². The largest absolute Gasteiger partial charge is 0.494 e. The first-order valence-corrected chi connectivity index (χ1v) is 11.2. The Kier molecular flexibility index (Phi) is 9.25. The second-order valence-electron chi connectivity index (χ2n) is 7.38. The summed E-state index contributed by atoms with van der Waals surface area (Å²) in [6.07, 6.45) is 6.14. The Labute approximate surface area is 191 Å². The molecule has 0 aliphatic rings. The van der Waals surface area contributed by atoms with Crippen LogP contribution in [0, 0.1) is 23.7 Å². The van der Waals surface area contributed by atoms with Crippen LogP contribution in [-0.2, 0) is 0 Å². The summed E-state index contributed by atoms with van der Waals surface area (Å²) >= 11 is 0. The molecule has 0 aliphatic carbocycles. The van der Waals surface area contributed by atoms with Crippen LogP contribution in [0.1, 0.15) is 61.9 Å². The third-order valence-corrected chi connectivity index (χ3v) is 4.69. The van der Waals surface area contributed by atoms with Crippen LogP contribution in [0.3, 0.4) is 0 Å². The van der Waals surface area contributed by atoms with Crippen LogP contribution in [-0.4, -0.2) is 18.2 Å². The normalized spacial score (nSPS) is 9.81. The van der Waals surface area contributed by atoms with Gasteiger partial charge < -0.3 is 9.47 Å². The first kappa shape index (κ1) is 23.0. The number of ether oxygens (including phenoxy) is 2. The van der Waals surface area contributed by atoms with Crippen molar-refractivity contribution in [2.75, 3.05) is 13.2 Å². The highest BCUT2D eigenvalue weighted by Gasteiger charge is 1.96. The number of benzene rings is 2. The molecule has 0 saturated heterocycles. The summed E-state index contributed by atoms with van der Waals surface area (Å²) in [5, 5.41) is 0. The zero-order valence-corrected chi connectivity index (χ0v) is 18.9. The highest BCUT2D eigenvalue weighted by Crippen LogP contribution is 2.13. The average molecular weight is 424 g/mol. The number of pyridine rings is 1. The molecule has 3 aromatic rings. The van der Waals surface area contributed by atoms with Crippen molar-refractivity contribution in [3.63, 3.8) is 0 Å². The van der Waals surface area contributed by atoms with Crippen molar-refractivity contribution in [3.8, 4) is 35.2 Å². The fourth-order valence-electron chi connectivity index (χ4n) is 2.76. The van der Waals surface area contributed by atoms with E-state index in [1.54, 1.807) is 6.20 Å². The third kappa shape index (κ3) is 7.86. The summed E-state index contributed by atoms with van der Waals surface area (Å²) < 4.78 is 11.4. The van der Waals surface area contributed by atoms with Crippen LogP contribution in [0.5, 0.6) is 11.5 Å². The molecule has 32 heavy (non-hydrogen) atoms. The van der Waals surface area contributed by atoms with E-state index in [0.29, 0.717) is 5.69 Å². The minimum atomic E-state index is 0.715. The van der Waals surface area contributed by atoms with E-state index in [1.807, 2.05) is 60.7 Å². The highest BCUT2D eigenvalue weighted by atomic mass is 16.5. The quantitative estimate of drug-likeness (QED) is 0.317. The molecule has 0 unspecified atom stereocenters. The van der Waals surface area contributed by atoms with E-state index < -0.39 is 0 Å². The Morgan fingerprint density at radius 1 is 0.594 bits per heavy atom. The Hall–Kier alpha value is -3.69. The van der Waals surface area contributed by atoms with Crippen molar-refractivity contribution in [2.24, 2.45) is 0 Å². The monoisotopic (exact) mass is 423 g/mol.